The molecule has 0 bridgehead atoms. The molecule has 2 aromatic heterocycles. The number of amides is 1. The number of aromatic nitrogens is 1. The Morgan fingerprint density at radius 1 is 1.55 bits per heavy atom. The van der Waals surface area contributed by atoms with Gasteiger partial charge >= 0.3 is 0 Å². The minimum absolute atomic E-state index is 0.135. The van der Waals surface area contributed by atoms with E-state index in [0.29, 0.717) is 29.6 Å². The molecule has 20 heavy (non-hydrogen) atoms. The maximum absolute atomic E-state index is 12.2. The molecule has 0 unspecified atom stereocenters. The van der Waals surface area contributed by atoms with E-state index in [1.807, 2.05) is 19.9 Å². The molecule has 106 valence electrons. The van der Waals surface area contributed by atoms with E-state index in [1.54, 1.807) is 22.6 Å². The lowest BCUT2D eigenvalue weighted by Gasteiger charge is -2.48. The van der Waals surface area contributed by atoms with Crippen molar-refractivity contribution in [2.45, 2.75) is 19.4 Å². The SMILES string of the molecule is CC(C)C1(O)CN(C(=O)c2csc(-c3ccco3)n2)C1. The standard InChI is InChI=1S/C14H16N2O3S/c1-9(2)14(18)7-16(8-14)13(17)10-6-20-12(15-10)11-4-3-5-19-11/h3-6,9,18H,7-8H2,1-2H3. The largest absolute Gasteiger partial charge is 0.462 e. The molecule has 5 nitrogen and oxygen atoms in total. The van der Waals surface area contributed by atoms with Crippen molar-refractivity contribution < 1.29 is 14.3 Å². The topological polar surface area (TPSA) is 66.6 Å². The summed E-state index contributed by atoms with van der Waals surface area (Å²) in [6.07, 6.45) is 1.58. The number of β-amino-alcohol motifs (C(OH)–C–C–N with tert-alkyl or cyclic N) is 1. The summed E-state index contributed by atoms with van der Waals surface area (Å²) in [7, 11) is 0. The van der Waals surface area contributed by atoms with E-state index in [0.717, 1.165) is 0 Å². The molecule has 0 spiro atoms. The zero-order valence-electron chi connectivity index (χ0n) is 11.4. The minimum Gasteiger partial charge on any atom is -0.462 e. The first-order valence-electron chi connectivity index (χ1n) is 6.51. The Labute approximate surface area is 120 Å². The van der Waals surface area contributed by atoms with Crippen LogP contribution in [0.2, 0.25) is 0 Å². The molecule has 1 aliphatic rings. The average Bonchev–Trinajstić information content (AvgIpc) is 3.03. The predicted octanol–water partition coefficient (Wildman–Crippen LogP) is 2.25. The summed E-state index contributed by atoms with van der Waals surface area (Å²) >= 11 is 1.38. The summed E-state index contributed by atoms with van der Waals surface area (Å²) in [6.45, 7) is 4.66. The Morgan fingerprint density at radius 2 is 2.30 bits per heavy atom. The van der Waals surface area contributed by atoms with Crippen LogP contribution in [0.25, 0.3) is 10.8 Å². The lowest BCUT2D eigenvalue weighted by Crippen LogP contribution is -2.66. The van der Waals surface area contributed by atoms with Crippen LogP contribution in [-0.2, 0) is 0 Å². The minimum atomic E-state index is -0.754. The second kappa shape index (κ2) is 4.71. The highest BCUT2D eigenvalue weighted by Gasteiger charge is 2.46. The van der Waals surface area contributed by atoms with Gasteiger partial charge in [-0.05, 0) is 18.1 Å². The summed E-state index contributed by atoms with van der Waals surface area (Å²) < 4.78 is 5.26. The van der Waals surface area contributed by atoms with Gasteiger partial charge in [0.15, 0.2) is 10.8 Å². The van der Waals surface area contributed by atoms with E-state index >= 15 is 0 Å². The number of carbonyl (C=O) groups excluding carboxylic acids is 1. The van der Waals surface area contributed by atoms with Gasteiger partial charge in [-0.1, -0.05) is 13.8 Å². The fourth-order valence-corrected chi connectivity index (χ4v) is 2.93. The summed E-state index contributed by atoms with van der Waals surface area (Å²) in [6, 6.07) is 3.60. The second-order valence-corrected chi connectivity index (χ2v) is 6.29. The van der Waals surface area contributed by atoms with Crippen LogP contribution >= 0.6 is 11.3 Å². The second-order valence-electron chi connectivity index (χ2n) is 5.43. The Balaban J connectivity index is 1.71. The molecule has 1 N–H and O–H groups in total. The van der Waals surface area contributed by atoms with Crippen LogP contribution in [0.15, 0.2) is 28.2 Å². The van der Waals surface area contributed by atoms with Crippen LogP contribution in [0.3, 0.4) is 0 Å². The van der Waals surface area contributed by atoms with Gasteiger partial charge in [-0.25, -0.2) is 4.98 Å². The average molecular weight is 292 g/mol. The third-order valence-electron chi connectivity index (χ3n) is 3.75. The number of likely N-dealkylation sites (tertiary alicyclic amines) is 1. The number of furan rings is 1. The number of carbonyl (C=O) groups is 1. The van der Waals surface area contributed by atoms with E-state index in [9.17, 15) is 9.90 Å². The Morgan fingerprint density at radius 3 is 2.90 bits per heavy atom. The van der Waals surface area contributed by atoms with Gasteiger partial charge in [0.05, 0.1) is 19.4 Å². The van der Waals surface area contributed by atoms with Crippen molar-refractivity contribution >= 4 is 17.2 Å². The van der Waals surface area contributed by atoms with E-state index in [-0.39, 0.29) is 11.8 Å². The molecule has 0 aliphatic carbocycles. The molecule has 2 aromatic rings. The number of rotatable bonds is 3. The van der Waals surface area contributed by atoms with Crippen LogP contribution < -0.4 is 0 Å². The number of nitrogens with zero attached hydrogens (tertiary/aromatic N) is 2. The molecule has 0 saturated carbocycles. The number of aliphatic hydroxyl groups is 1. The predicted molar refractivity (Wildman–Crippen MR) is 75.5 cm³/mol. The lowest BCUT2D eigenvalue weighted by atomic mass is 9.83. The van der Waals surface area contributed by atoms with Gasteiger partial charge in [0.2, 0.25) is 0 Å². The molecule has 1 amide bonds. The molecule has 6 heteroatoms. The van der Waals surface area contributed by atoms with Gasteiger partial charge in [0.1, 0.15) is 11.3 Å². The van der Waals surface area contributed by atoms with Gasteiger partial charge in [-0.2, -0.15) is 0 Å². The molecule has 1 aliphatic heterocycles. The molecule has 1 saturated heterocycles. The zero-order chi connectivity index (χ0) is 14.3. The van der Waals surface area contributed by atoms with Gasteiger partial charge in [-0.3, -0.25) is 4.79 Å². The third-order valence-corrected chi connectivity index (χ3v) is 4.60. The Bertz CT molecular complexity index is 612. The monoisotopic (exact) mass is 292 g/mol. The summed E-state index contributed by atoms with van der Waals surface area (Å²) in [4.78, 5) is 18.2. The normalized spacial score (nSPS) is 17.3. The molecule has 3 heterocycles. The zero-order valence-corrected chi connectivity index (χ0v) is 12.2. The van der Waals surface area contributed by atoms with Gasteiger partial charge in [0, 0.05) is 5.38 Å². The van der Waals surface area contributed by atoms with Crippen LogP contribution in [0.1, 0.15) is 24.3 Å². The number of thiazole rings is 1. The van der Waals surface area contributed by atoms with Crippen molar-refractivity contribution in [1.82, 2.24) is 9.88 Å². The fourth-order valence-electron chi connectivity index (χ4n) is 2.17. The molecule has 0 aromatic carbocycles. The number of hydrogen-bond donors (Lipinski definition) is 1. The van der Waals surface area contributed by atoms with Crippen molar-refractivity contribution in [3.8, 4) is 10.8 Å². The van der Waals surface area contributed by atoms with Gasteiger partial charge in [0.25, 0.3) is 5.91 Å². The summed E-state index contributed by atoms with van der Waals surface area (Å²) in [5, 5.41) is 12.6. The summed E-state index contributed by atoms with van der Waals surface area (Å²) in [5.74, 6) is 0.668. The van der Waals surface area contributed by atoms with E-state index in [4.69, 9.17) is 4.42 Å². The molecule has 1 fully saturated rings. The maximum atomic E-state index is 12.2. The van der Waals surface area contributed by atoms with Crippen molar-refractivity contribution in [2.24, 2.45) is 5.92 Å². The molecular formula is C14H16N2O3S. The Kier molecular flexibility index (Phi) is 3.14. The molecule has 0 atom stereocenters. The van der Waals surface area contributed by atoms with Crippen molar-refractivity contribution in [1.29, 1.82) is 0 Å². The maximum Gasteiger partial charge on any atom is 0.273 e. The number of hydrogen-bond acceptors (Lipinski definition) is 5. The highest BCUT2D eigenvalue weighted by Crippen LogP contribution is 2.31. The first-order chi connectivity index (χ1) is 9.49. The molecule has 0 radical (unpaired) electrons. The van der Waals surface area contributed by atoms with Gasteiger partial charge in [-0.15, -0.1) is 11.3 Å². The van der Waals surface area contributed by atoms with E-state index < -0.39 is 5.60 Å². The van der Waals surface area contributed by atoms with Crippen LogP contribution in [0.4, 0.5) is 0 Å². The van der Waals surface area contributed by atoms with E-state index in [2.05, 4.69) is 4.98 Å². The van der Waals surface area contributed by atoms with Crippen LogP contribution in [0.5, 0.6) is 0 Å². The van der Waals surface area contributed by atoms with Crippen LogP contribution in [0, 0.1) is 5.92 Å². The molecular weight excluding hydrogens is 276 g/mol. The summed E-state index contributed by atoms with van der Waals surface area (Å²) in [5.41, 5.74) is -0.345. The smallest absolute Gasteiger partial charge is 0.273 e. The third kappa shape index (κ3) is 2.14. The van der Waals surface area contributed by atoms with Crippen LogP contribution in [-0.4, -0.2) is 39.6 Å². The highest BCUT2D eigenvalue weighted by atomic mass is 32.1. The molecule has 3 rings (SSSR count). The first-order valence-corrected chi connectivity index (χ1v) is 7.38. The van der Waals surface area contributed by atoms with Crippen molar-refractivity contribution in [3.05, 3.63) is 29.5 Å². The van der Waals surface area contributed by atoms with E-state index in [1.165, 1.54) is 11.3 Å². The Hall–Kier alpha value is -1.66. The van der Waals surface area contributed by atoms with Crippen molar-refractivity contribution in [2.75, 3.05) is 13.1 Å². The first kappa shape index (κ1) is 13.3. The lowest BCUT2D eigenvalue weighted by molar-refractivity contribution is -0.111. The quantitative estimate of drug-likeness (QED) is 0.942. The van der Waals surface area contributed by atoms with Crippen molar-refractivity contribution in [3.63, 3.8) is 0 Å². The fraction of sp³-hybridized carbons (Fsp3) is 0.429. The van der Waals surface area contributed by atoms with Gasteiger partial charge < -0.3 is 14.4 Å². The highest BCUT2D eigenvalue weighted by molar-refractivity contribution is 7.13.